The predicted octanol–water partition coefficient (Wildman–Crippen LogP) is 3.25. The van der Waals surface area contributed by atoms with Crippen LogP contribution in [0.4, 0.5) is 0 Å². The minimum atomic E-state index is -0.836. The van der Waals surface area contributed by atoms with Gasteiger partial charge in [0.2, 0.25) is 17.2 Å². The van der Waals surface area contributed by atoms with Crippen molar-refractivity contribution in [1.29, 1.82) is 0 Å². The summed E-state index contributed by atoms with van der Waals surface area (Å²) in [5, 5.41) is 20.5. The topological polar surface area (TPSA) is 94.5 Å². The number of rotatable bonds is 10. The Hall–Kier alpha value is -2.31. The standard InChI is InChI=1S/C17H26O7/c1-5-8-22-14-11(17(20)21-4)12(18)13(19)15(23-9-6-2)16(14)24-10-7-3/h18-19H,5-10H2,1-4H3. The van der Waals surface area contributed by atoms with E-state index in [0.29, 0.717) is 39.1 Å². The molecule has 0 amide bonds. The summed E-state index contributed by atoms with van der Waals surface area (Å²) in [7, 11) is 1.18. The Balaban J connectivity index is 3.58. The van der Waals surface area contributed by atoms with Gasteiger partial charge >= 0.3 is 5.97 Å². The fraction of sp³-hybridized carbons (Fsp3) is 0.588. The summed E-state index contributed by atoms with van der Waals surface area (Å²) in [6.07, 6.45) is 2.08. The van der Waals surface area contributed by atoms with Gasteiger partial charge in [-0.05, 0) is 19.3 Å². The maximum absolute atomic E-state index is 12.1. The van der Waals surface area contributed by atoms with Gasteiger partial charge in [-0.3, -0.25) is 0 Å². The summed E-state index contributed by atoms with van der Waals surface area (Å²) >= 11 is 0. The lowest BCUT2D eigenvalue weighted by molar-refractivity contribution is 0.0590. The zero-order valence-corrected chi connectivity index (χ0v) is 14.7. The van der Waals surface area contributed by atoms with Crippen LogP contribution in [-0.4, -0.2) is 43.1 Å². The van der Waals surface area contributed by atoms with Crippen molar-refractivity contribution in [2.75, 3.05) is 26.9 Å². The highest BCUT2D eigenvalue weighted by molar-refractivity contribution is 5.99. The number of phenolic OH excluding ortho intramolecular Hbond substituents is 2. The molecule has 0 saturated heterocycles. The number of hydrogen-bond acceptors (Lipinski definition) is 7. The van der Waals surface area contributed by atoms with E-state index >= 15 is 0 Å². The maximum Gasteiger partial charge on any atom is 0.345 e. The molecule has 1 rings (SSSR count). The van der Waals surface area contributed by atoms with Gasteiger partial charge in [0.15, 0.2) is 17.1 Å². The lowest BCUT2D eigenvalue weighted by Gasteiger charge is -2.21. The van der Waals surface area contributed by atoms with Crippen LogP contribution in [0.15, 0.2) is 0 Å². The van der Waals surface area contributed by atoms with Gasteiger partial charge in [0.1, 0.15) is 0 Å². The van der Waals surface area contributed by atoms with Gasteiger partial charge < -0.3 is 29.2 Å². The predicted molar refractivity (Wildman–Crippen MR) is 88.5 cm³/mol. The van der Waals surface area contributed by atoms with Crippen molar-refractivity contribution in [2.24, 2.45) is 0 Å². The Kier molecular flexibility index (Phi) is 8.01. The summed E-state index contributed by atoms with van der Waals surface area (Å²) in [6, 6.07) is 0. The van der Waals surface area contributed by atoms with E-state index in [4.69, 9.17) is 14.2 Å². The zero-order valence-electron chi connectivity index (χ0n) is 14.7. The van der Waals surface area contributed by atoms with E-state index in [9.17, 15) is 15.0 Å². The fourth-order valence-electron chi connectivity index (χ4n) is 1.96. The number of ether oxygens (including phenoxy) is 4. The number of methoxy groups -OCH3 is 1. The first kappa shape index (κ1) is 19.7. The Labute approximate surface area is 142 Å². The van der Waals surface area contributed by atoms with E-state index in [1.807, 2.05) is 20.8 Å². The molecule has 0 saturated carbocycles. The van der Waals surface area contributed by atoms with Gasteiger partial charge in [0.25, 0.3) is 0 Å². The number of aromatic hydroxyl groups is 2. The number of benzene rings is 1. The molecule has 0 aliphatic carbocycles. The Morgan fingerprint density at radius 3 is 1.71 bits per heavy atom. The van der Waals surface area contributed by atoms with E-state index in [2.05, 4.69) is 4.74 Å². The molecule has 1 aromatic rings. The molecule has 0 atom stereocenters. The molecule has 0 aliphatic heterocycles. The van der Waals surface area contributed by atoms with Crippen LogP contribution >= 0.6 is 0 Å². The average molecular weight is 342 g/mol. The number of esters is 1. The summed E-state index contributed by atoms with van der Waals surface area (Å²) in [6.45, 7) is 6.65. The summed E-state index contributed by atoms with van der Waals surface area (Å²) in [4.78, 5) is 12.1. The van der Waals surface area contributed by atoms with Crippen LogP contribution in [-0.2, 0) is 4.74 Å². The molecule has 0 heterocycles. The molecule has 2 N–H and O–H groups in total. The molecular weight excluding hydrogens is 316 g/mol. The SMILES string of the molecule is CCCOc1c(O)c(O)c(C(=O)OC)c(OCCC)c1OCCC. The molecule has 0 spiro atoms. The Morgan fingerprint density at radius 2 is 1.25 bits per heavy atom. The van der Waals surface area contributed by atoms with E-state index in [1.54, 1.807) is 0 Å². The maximum atomic E-state index is 12.1. The van der Waals surface area contributed by atoms with Crippen molar-refractivity contribution in [3.63, 3.8) is 0 Å². The molecular formula is C17H26O7. The van der Waals surface area contributed by atoms with Crippen LogP contribution in [0.5, 0.6) is 28.7 Å². The number of carbonyl (C=O) groups is 1. The zero-order chi connectivity index (χ0) is 18.1. The van der Waals surface area contributed by atoms with Crippen molar-refractivity contribution in [3.05, 3.63) is 5.56 Å². The van der Waals surface area contributed by atoms with Crippen LogP contribution in [0.25, 0.3) is 0 Å². The van der Waals surface area contributed by atoms with Crippen molar-refractivity contribution in [2.45, 2.75) is 40.0 Å². The van der Waals surface area contributed by atoms with Crippen molar-refractivity contribution < 1.29 is 34.0 Å². The summed E-state index contributed by atoms with van der Waals surface area (Å²) in [5.41, 5.74) is -0.279. The minimum Gasteiger partial charge on any atom is -0.503 e. The van der Waals surface area contributed by atoms with E-state index in [0.717, 1.165) is 0 Å². The molecule has 7 nitrogen and oxygen atoms in total. The smallest absolute Gasteiger partial charge is 0.345 e. The van der Waals surface area contributed by atoms with Gasteiger partial charge in [0.05, 0.1) is 26.9 Å². The van der Waals surface area contributed by atoms with E-state index in [1.165, 1.54) is 7.11 Å². The van der Waals surface area contributed by atoms with Crippen LogP contribution in [0, 0.1) is 0 Å². The van der Waals surface area contributed by atoms with Crippen LogP contribution in [0.2, 0.25) is 0 Å². The fourth-order valence-corrected chi connectivity index (χ4v) is 1.96. The summed E-state index contributed by atoms with van der Waals surface area (Å²) in [5.74, 6) is -1.99. The van der Waals surface area contributed by atoms with Gasteiger partial charge in [-0.25, -0.2) is 4.79 Å². The van der Waals surface area contributed by atoms with E-state index in [-0.39, 0.29) is 22.8 Å². The summed E-state index contributed by atoms with van der Waals surface area (Å²) < 4.78 is 21.5. The third-order valence-electron chi connectivity index (χ3n) is 3.06. The van der Waals surface area contributed by atoms with E-state index < -0.39 is 17.5 Å². The largest absolute Gasteiger partial charge is 0.503 e. The van der Waals surface area contributed by atoms with Gasteiger partial charge in [-0.15, -0.1) is 0 Å². The first-order chi connectivity index (χ1) is 11.5. The second-order valence-corrected chi connectivity index (χ2v) is 5.10. The molecule has 136 valence electrons. The highest BCUT2D eigenvalue weighted by Gasteiger charge is 2.32. The number of carbonyl (C=O) groups excluding carboxylic acids is 1. The highest BCUT2D eigenvalue weighted by Crippen LogP contribution is 2.53. The van der Waals surface area contributed by atoms with Crippen LogP contribution in [0.3, 0.4) is 0 Å². The van der Waals surface area contributed by atoms with Crippen LogP contribution < -0.4 is 14.2 Å². The number of hydrogen-bond donors (Lipinski definition) is 2. The first-order valence-corrected chi connectivity index (χ1v) is 8.11. The van der Waals surface area contributed by atoms with Crippen molar-refractivity contribution in [3.8, 4) is 28.7 Å². The number of phenols is 2. The van der Waals surface area contributed by atoms with Gasteiger partial charge in [-0.2, -0.15) is 0 Å². The average Bonchev–Trinajstić information content (AvgIpc) is 2.59. The van der Waals surface area contributed by atoms with Crippen molar-refractivity contribution >= 4 is 5.97 Å². The Morgan fingerprint density at radius 1 is 0.792 bits per heavy atom. The van der Waals surface area contributed by atoms with Gasteiger partial charge in [0, 0.05) is 0 Å². The second-order valence-electron chi connectivity index (χ2n) is 5.10. The third-order valence-corrected chi connectivity index (χ3v) is 3.06. The highest BCUT2D eigenvalue weighted by atomic mass is 16.6. The Bertz CT molecular complexity index is 555. The monoisotopic (exact) mass is 342 g/mol. The normalized spacial score (nSPS) is 10.3. The van der Waals surface area contributed by atoms with Crippen molar-refractivity contribution in [1.82, 2.24) is 0 Å². The second kappa shape index (κ2) is 9.75. The lowest BCUT2D eigenvalue weighted by atomic mass is 10.1. The third kappa shape index (κ3) is 4.37. The molecule has 0 bridgehead atoms. The molecule has 0 fully saturated rings. The molecule has 24 heavy (non-hydrogen) atoms. The molecule has 0 radical (unpaired) electrons. The lowest BCUT2D eigenvalue weighted by Crippen LogP contribution is -2.11. The van der Waals surface area contributed by atoms with Gasteiger partial charge in [-0.1, -0.05) is 20.8 Å². The molecule has 1 aromatic carbocycles. The van der Waals surface area contributed by atoms with Crippen LogP contribution in [0.1, 0.15) is 50.4 Å². The molecule has 0 aromatic heterocycles. The minimum absolute atomic E-state index is 0.0125. The first-order valence-electron chi connectivity index (χ1n) is 8.11. The molecule has 0 unspecified atom stereocenters. The molecule has 7 heteroatoms. The quantitative estimate of drug-likeness (QED) is 0.498. The molecule has 0 aliphatic rings.